The maximum Gasteiger partial charge on any atom is 0.410 e. The van der Waals surface area contributed by atoms with Crippen LogP contribution in [0.5, 0.6) is 0 Å². The molecule has 0 aromatic carbocycles. The predicted molar refractivity (Wildman–Crippen MR) is 75.9 cm³/mol. The van der Waals surface area contributed by atoms with Crippen molar-refractivity contribution >= 4 is 6.09 Å². The molecule has 2 atom stereocenters. The first-order chi connectivity index (χ1) is 8.67. The molecular weight excluding hydrogens is 240 g/mol. The summed E-state index contributed by atoms with van der Waals surface area (Å²) in [5, 5.41) is 0. The van der Waals surface area contributed by atoms with Crippen LogP contribution in [0.15, 0.2) is 0 Å². The lowest BCUT2D eigenvalue weighted by Crippen LogP contribution is -2.46. The van der Waals surface area contributed by atoms with Crippen LogP contribution in [-0.4, -0.2) is 36.2 Å². The Labute approximate surface area is 116 Å². The molecular formula is C15H28N2O2. The average Bonchev–Trinajstić information content (AvgIpc) is 2.52. The number of amides is 1. The van der Waals surface area contributed by atoms with Gasteiger partial charge in [-0.25, -0.2) is 4.79 Å². The first-order valence-electron chi connectivity index (χ1n) is 7.35. The zero-order chi connectivity index (χ0) is 14.3. The summed E-state index contributed by atoms with van der Waals surface area (Å²) in [6.07, 6.45) is 3.99. The van der Waals surface area contributed by atoms with Gasteiger partial charge in [-0.05, 0) is 43.1 Å². The Balaban J connectivity index is 2.08. The quantitative estimate of drug-likeness (QED) is 0.838. The summed E-state index contributed by atoms with van der Waals surface area (Å²) < 4.78 is 5.78. The van der Waals surface area contributed by atoms with Crippen molar-refractivity contribution in [2.75, 3.05) is 19.6 Å². The van der Waals surface area contributed by atoms with Crippen LogP contribution in [0.2, 0.25) is 0 Å². The zero-order valence-electron chi connectivity index (χ0n) is 12.8. The van der Waals surface area contributed by atoms with E-state index in [1.807, 2.05) is 4.90 Å². The topological polar surface area (TPSA) is 55.6 Å². The molecule has 0 aromatic heterocycles. The van der Waals surface area contributed by atoms with Crippen LogP contribution in [0.4, 0.5) is 4.79 Å². The van der Waals surface area contributed by atoms with Gasteiger partial charge in [-0.15, -0.1) is 0 Å². The second-order valence-electron chi connectivity index (χ2n) is 8.01. The van der Waals surface area contributed by atoms with Gasteiger partial charge in [0, 0.05) is 6.54 Å². The van der Waals surface area contributed by atoms with Gasteiger partial charge < -0.3 is 15.4 Å². The first-order valence-corrected chi connectivity index (χ1v) is 7.35. The van der Waals surface area contributed by atoms with E-state index in [0.717, 1.165) is 38.8 Å². The minimum Gasteiger partial charge on any atom is -0.441 e. The second-order valence-corrected chi connectivity index (χ2v) is 8.01. The molecule has 1 aliphatic heterocycles. The SMILES string of the molecule is CC(C)(C)CN1C[C@@]2(CCC[C@](C)(CN)C2)OC1=O. The van der Waals surface area contributed by atoms with E-state index < -0.39 is 0 Å². The van der Waals surface area contributed by atoms with Gasteiger partial charge in [-0.1, -0.05) is 27.7 Å². The fraction of sp³-hybridized carbons (Fsp3) is 0.933. The van der Waals surface area contributed by atoms with E-state index in [-0.39, 0.29) is 22.5 Å². The number of ether oxygens (including phenoxy) is 1. The van der Waals surface area contributed by atoms with Crippen molar-refractivity contribution in [2.24, 2.45) is 16.6 Å². The zero-order valence-corrected chi connectivity index (χ0v) is 12.8. The third-order valence-corrected chi connectivity index (χ3v) is 4.36. The van der Waals surface area contributed by atoms with Crippen LogP contribution in [0, 0.1) is 10.8 Å². The Hall–Kier alpha value is -0.770. The third-order valence-electron chi connectivity index (χ3n) is 4.36. The summed E-state index contributed by atoms with van der Waals surface area (Å²) in [6.45, 7) is 10.8. The van der Waals surface area contributed by atoms with Gasteiger partial charge in [0.05, 0.1) is 6.54 Å². The van der Waals surface area contributed by atoms with Crippen molar-refractivity contribution < 1.29 is 9.53 Å². The van der Waals surface area contributed by atoms with Gasteiger partial charge in [-0.3, -0.25) is 0 Å². The molecule has 0 bridgehead atoms. The van der Waals surface area contributed by atoms with Crippen molar-refractivity contribution in [3.05, 3.63) is 0 Å². The first kappa shape index (κ1) is 14.6. The molecule has 1 saturated heterocycles. The fourth-order valence-electron chi connectivity index (χ4n) is 3.58. The number of rotatable bonds is 2. The summed E-state index contributed by atoms with van der Waals surface area (Å²) in [5.41, 5.74) is 5.85. The smallest absolute Gasteiger partial charge is 0.410 e. The predicted octanol–water partition coefficient (Wildman–Crippen LogP) is 2.76. The average molecular weight is 268 g/mol. The van der Waals surface area contributed by atoms with Gasteiger partial charge >= 0.3 is 6.09 Å². The van der Waals surface area contributed by atoms with Crippen LogP contribution in [-0.2, 0) is 4.74 Å². The maximum atomic E-state index is 12.1. The summed E-state index contributed by atoms with van der Waals surface area (Å²) in [5.74, 6) is 0. The van der Waals surface area contributed by atoms with E-state index in [9.17, 15) is 4.79 Å². The van der Waals surface area contributed by atoms with Gasteiger partial charge in [0.2, 0.25) is 0 Å². The molecule has 1 saturated carbocycles. The largest absolute Gasteiger partial charge is 0.441 e. The lowest BCUT2D eigenvalue weighted by atomic mass is 9.68. The minimum atomic E-state index is -0.283. The molecule has 2 fully saturated rings. The minimum absolute atomic E-state index is 0.108. The highest BCUT2D eigenvalue weighted by molar-refractivity contribution is 5.70. The number of carbonyl (C=O) groups excluding carboxylic acids is 1. The molecule has 0 aromatic rings. The number of nitrogens with two attached hydrogens (primary N) is 1. The van der Waals surface area contributed by atoms with Crippen molar-refractivity contribution in [3.63, 3.8) is 0 Å². The monoisotopic (exact) mass is 268 g/mol. The van der Waals surface area contributed by atoms with E-state index >= 15 is 0 Å². The molecule has 2 rings (SSSR count). The highest BCUT2D eigenvalue weighted by atomic mass is 16.6. The molecule has 110 valence electrons. The van der Waals surface area contributed by atoms with E-state index in [4.69, 9.17) is 10.5 Å². The highest BCUT2D eigenvalue weighted by Crippen LogP contribution is 2.45. The standard InChI is InChI=1S/C15H28N2O2/c1-13(2,3)10-17-11-15(19-12(17)18)7-5-6-14(4,8-15)9-16/h5-11,16H2,1-4H3/t14-,15-/m0/s1. The van der Waals surface area contributed by atoms with E-state index in [1.165, 1.54) is 0 Å². The van der Waals surface area contributed by atoms with Crippen LogP contribution in [0.25, 0.3) is 0 Å². The van der Waals surface area contributed by atoms with Crippen molar-refractivity contribution in [2.45, 2.75) is 59.0 Å². The number of nitrogens with zero attached hydrogens (tertiary/aromatic N) is 1. The molecule has 1 heterocycles. The van der Waals surface area contributed by atoms with Gasteiger partial charge in [0.15, 0.2) is 0 Å². The van der Waals surface area contributed by atoms with Crippen LogP contribution >= 0.6 is 0 Å². The lowest BCUT2D eigenvalue weighted by Gasteiger charge is -2.42. The molecule has 4 nitrogen and oxygen atoms in total. The Morgan fingerprint density at radius 2 is 2.05 bits per heavy atom. The summed E-state index contributed by atoms with van der Waals surface area (Å²) in [7, 11) is 0. The van der Waals surface area contributed by atoms with E-state index in [2.05, 4.69) is 27.7 Å². The van der Waals surface area contributed by atoms with Crippen molar-refractivity contribution in [3.8, 4) is 0 Å². The Morgan fingerprint density at radius 3 is 2.63 bits per heavy atom. The van der Waals surface area contributed by atoms with Crippen molar-refractivity contribution in [1.82, 2.24) is 4.90 Å². The van der Waals surface area contributed by atoms with E-state index in [1.54, 1.807) is 0 Å². The van der Waals surface area contributed by atoms with Gasteiger partial charge in [-0.2, -0.15) is 0 Å². The molecule has 1 amide bonds. The Bertz CT molecular complexity index is 364. The number of carbonyl (C=O) groups is 1. The molecule has 4 heteroatoms. The van der Waals surface area contributed by atoms with Gasteiger partial charge in [0.1, 0.15) is 5.60 Å². The second kappa shape index (κ2) is 4.65. The molecule has 1 aliphatic carbocycles. The molecule has 19 heavy (non-hydrogen) atoms. The van der Waals surface area contributed by atoms with Gasteiger partial charge in [0.25, 0.3) is 0 Å². The molecule has 2 aliphatic rings. The summed E-state index contributed by atoms with van der Waals surface area (Å²) >= 11 is 0. The molecule has 2 N–H and O–H groups in total. The van der Waals surface area contributed by atoms with Crippen LogP contribution in [0.3, 0.4) is 0 Å². The van der Waals surface area contributed by atoms with Crippen LogP contribution < -0.4 is 5.73 Å². The fourth-order valence-corrected chi connectivity index (χ4v) is 3.58. The maximum absolute atomic E-state index is 12.1. The highest BCUT2D eigenvalue weighted by Gasteiger charge is 2.51. The Kier molecular flexibility index (Phi) is 3.58. The van der Waals surface area contributed by atoms with Crippen LogP contribution in [0.1, 0.15) is 53.4 Å². The summed E-state index contributed by atoms with van der Waals surface area (Å²) in [4.78, 5) is 14.0. The Morgan fingerprint density at radius 1 is 1.37 bits per heavy atom. The number of hydrogen-bond acceptors (Lipinski definition) is 3. The third kappa shape index (κ3) is 3.22. The number of hydrogen-bond donors (Lipinski definition) is 1. The normalized spacial score (nSPS) is 35.8. The molecule has 0 radical (unpaired) electrons. The molecule has 0 unspecified atom stereocenters. The molecule has 1 spiro atoms. The van der Waals surface area contributed by atoms with Crippen molar-refractivity contribution in [1.29, 1.82) is 0 Å². The van der Waals surface area contributed by atoms with E-state index in [0.29, 0.717) is 6.54 Å². The lowest BCUT2D eigenvalue weighted by molar-refractivity contribution is -0.0189. The summed E-state index contributed by atoms with van der Waals surface area (Å²) in [6, 6.07) is 0.